The number of nitrogens with one attached hydrogen (secondary N) is 2. The molecule has 1 aromatic heterocycles. The van der Waals surface area contributed by atoms with Crippen molar-refractivity contribution in [2.75, 3.05) is 11.9 Å². The van der Waals surface area contributed by atoms with Crippen LogP contribution < -0.4 is 15.5 Å². The number of rotatable bonds is 7. The molecule has 0 aliphatic heterocycles. The van der Waals surface area contributed by atoms with Crippen LogP contribution in [0.25, 0.3) is 0 Å². The predicted molar refractivity (Wildman–Crippen MR) is 97.9 cm³/mol. The summed E-state index contributed by atoms with van der Waals surface area (Å²) in [6.45, 7) is 2.04. The summed E-state index contributed by atoms with van der Waals surface area (Å²) < 4.78 is 38.8. The molecule has 6 nitrogen and oxygen atoms in total. The number of aromatic nitrogens is 2. The van der Waals surface area contributed by atoms with Gasteiger partial charge in [-0.3, -0.25) is 0 Å². The lowest BCUT2D eigenvalue weighted by Gasteiger charge is -2.11. The molecule has 9 heteroatoms. The minimum atomic E-state index is -4.58. The van der Waals surface area contributed by atoms with Gasteiger partial charge in [-0.05, 0) is 55.0 Å². The highest BCUT2D eigenvalue weighted by Crippen LogP contribution is 2.28. The molecule has 2 aromatic rings. The fourth-order valence-corrected chi connectivity index (χ4v) is 3.06. The van der Waals surface area contributed by atoms with Crippen LogP contribution in [0.15, 0.2) is 24.3 Å². The van der Waals surface area contributed by atoms with Crippen molar-refractivity contribution in [2.24, 2.45) is 0 Å². The number of benzene rings is 1. The van der Waals surface area contributed by atoms with E-state index in [0.717, 1.165) is 36.6 Å². The molecule has 0 saturated heterocycles. The summed E-state index contributed by atoms with van der Waals surface area (Å²) in [7, 11) is 0. The van der Waals surface area contributed by atoms with Gasteiger partial charge in [-0.15, -0.1) is 9.94 Å². The van der Waals surface area contributed by atoms with Crippen LogP contribution in [0.3, 0.4) is 0 Å². The SMILES string of the molecule is CCCCOn1nc(C(F)(F)F)cc1CNC(=O)Nc1ccc2c(c1)CCC2. The molecule has 2 amide bonds. The van der Waals surface area contributed by atoms with Crippen molar-refractivity contribution in [2.45, 2.75) is 51.7 Å². The number of carbonyl (C=O) groups is 1. The number of unbranched alkanes of at least 4 members (excludes halogenated alkanes) is 1. The molecule has 0 unspecified atom stereocenters. The molecule has 1 aliphatic rings. The van der Waals surface area contributed by atoms with E-state index in [1.165, 1.54) is 11.1 Å². The highest BCUT2D eigenvalue weighted by Gasteiger charge is 2.35. The number of alkyl halides is 3. The van der Waals surface area contributed by atoms with Gasteiger partial charge in [0.2, 0.25) is 0 Å². The maximum Gasteiger partial charge on any atom is 0.435 e. The zero-order chi connectivity index (χ0) is 20.1. The van der Waals surface area contributed by atoms with Crippen molar-refractivity contribution in [1.82, 2.24) is 15.3 Å². The number of anilines is 1. The fraction of sp³-hybridized carbons (Fsp3) is 0.474. The molecule has 0 bridgehead atoms. The lowest BCUT2D eigenvalue weighted by atomic mass is 10.1. The van der Waals surface area contributed by atoms with Gasteiger partial charge in [-0.1, -0.05) is 19.4 Å². The van der Waals surface area contributed by atoms with Crippen LogP contribution in [0.4, 0.5) is 23.7 Å². The minimum Gasteiger partial charge on any atom is -0.396 e. The standard InChI is InChI=1S/C19H23F3N4O2/c1-2-3-9-28-26-16(11-17(25-26)19(20,21)22)12-23-18(27)24-15-8-7-13-5-4-6-14(13)10-15/h7-8,10-11H,2-6,9,12H2,1H3,(H2,23,24,27). The first-order valence-electron chi connectivity index (χ1n) is 9.33. The number of urea groups is 1. The molecule has 28 heavy (non-hydrogen) atoms. The van der Waals surface area contributed by atoms with E-state index >= 15 is 0 Å². The second-order valence-electron chi connectivity index (χ2n) is 6.72. The second kappa shape index (κ2) is 8.53. The van der Waals surface area contributed by atoms with E-state index in [9.17, 15) is 18.0 Å². The third-order valence-electron chi connectivity index (χ3n) is 4.54. The summed E-state index contributed by atoms with van der Waals surface area (Å²) in [4.78, 5) is 18.3. The average molecular weight is 396 g/mol. The Labute approximate surface area is 161 Å². The molecule has 0 radical (unpaired) electrons. The smallest absolute Gasteiger partial charge is 0.396 e. The number of fused-ring (bicyclic) bond motifs is 1. The monoisotopic (exact) mass is 396 g/mol. The van der Waals surface area contributed by atoms with E-state index in [1.54, 1.807) is 0 Å². The molecule has 3 rings (SSSR count). The Morgan fingerprint density at radius 2 is 2.04 bits per heavy atom. The van der Waals surface area contributed by atoms with Crippen molar-refractivity contribution in [3.05, 3.63) is 46.8 Å². The first-order chi connectivity index (χ1) is 13.4. The number of amides is 2. The fourth-order valence-electron chi connectivity index (χ4n) is 3.06. The number of halogens is 3. The molecular formula is C19H23F3N4O2. The Hall–Kier alpha value is -2.71. The number of aryl methyl sites for hydroxylation is 2. The van der Waals surface area contributed by atoms with Gasteiger partial charge in [0.15, 0.2) is 5.69 Å². The third kappa shape index (κ3) is 4.96. The highest BCUT2D eigenvalue weighted by molar-refractivity contribution is 5.89. The quantitative estimate of drug-likeness (QED) is 0.697. The molecule has 2 N–H and O–H groups in total. The van der Waals surface area contributed by atoms with Gasteiger partial charge < -0.3 is 15.5 Å². The molecule has 0 fully saturated rings. The number of nitrogens with zero attached hydrogens (tertiary/aromatic N) is 2. The topological polar surface area (TPSA) is 68.2 Å². The van der Waals surface area contributed by atoms with Crippen LogP contribution in [0.5, 0.6) is 0 Å². The summed E-state index contributed by atoms with van der Waals surface area (Å²) >= 11 is 0. The summed E-state index contributed by atoms with van der Waals surface area (Å²) in [6.07, 6.45) is 0.0821. The lowest BCUT2D eigenvalue weighted by molar-refractivity contribution is -0.142. The van der Waals surface area contributed by atoms with E-state index in [1.807, 2.05) is 25.1 Å². The van der Waals surface area contributed by atoms with E-state index < -0.39 is 17.9 Å². The summed E-state index contributed by atoms with van der Waals surface area (Å²) in [6, 6.07) is 6.12. The Morgan fingerprint density at radius 3 is 2.79 bits per heavy atom. The van der Waals surface area contributed by atoms with Crippen LogP contribution in [0.1, 0.15) is 48.7 Å². The zero-order valence-electron chi connectivity index (χ0n) is 15.6. The summed E-state index contributed by atoms with van der Waals surface area (Å²) in [5, 5.41) is 8.71. The summed E-state index contributed by atoms with van der Waals surface area (Å²) in [5.74, 6) is 0. The van der Waals surface area contributed by atoms with Crippen LogP contribution in [-0.4, -0.2) is 22.6 Å². The van der Waals surface area contributed by atoms with Gasteiger partial charge in [0.25, 0.3) is 0 Å². The van der Waals surface area contributed by atoms with Gasteiger partial charge >= 0.3 is 12.2 Å². The molecule has 1 aliphatic carbocycles. The van der Waals surface area contributed by atoms with Crippen LogP contribution >= 0.6 is 0 Å². The van der Waals surface area contributed by atoms with Gasteiger partial charge in [-0.25, -0.2) is 4.79 Å². The predicted octanol–water partition coefficient (Wildman–Crippen LogP) is 3.94. The van der Waals surface area contributed by atoms with E-state index in [4.69, 9.17) is 4.84 Å². The van der Waals surface area contributed by atoms with E-state index in [2.05, 4.69) is 15.7 Å². The molecule has 0 saturated carbocycles. The average Bonchev–Trinajstić information content (AvgIpc) is 3.26. The van der Waals surface area contributed by atoms with Crippen molar-refractivity contribution in [3.63, 3.8) is 0 Å². The Kier molecular flexibility index (Phi) is 6.11. The van der Waals surface area contributed by atoms with Crippen molar-refractivity contribution in [1.29, 1.82) is 0 Å². The van der Waals surface area contributed by atoms with Crippen molar-refractivity contribution < 1.29 is 22.8 Å². The molecule has 0 atom stereocenters. The largest absolute Gasteiger partial charge is 0.435 e. The second-order valence-corrected chi connectivity index (χ2v) is 6.72. The minimum absolute atomic E-state index is 0.118. The van der Waals surface area contributed by atoms with Gasteiger partial charge in [0, 0.05) is 5.69 Å². The number of hydrogen-bond acceptors (Lipinski definition) is 3. The Morgan fingerprint density at radius 1 is 1.25 bits per heavy atom. The van der Waals surface area contributed by atoms with Gasteiger partial charge in [0.1, 0.15) is 6.61 Å². The highest BCUT2D eigenvalue weighted by atomic mass is 19.4. The number of hydrogen-bond donors (Lipinski definition) is 2. The molecule has 1 heterocycles. The Balaban J connectivity index is 1.62. The molecule has 152 valence electrons. The first kappa shape index (κ1) is 20.0. The first-order valence-corrected chi connectivity index (χ1v) is 9.33. The van der Waals surface area contributed by atoms with Crippen molar-refractivity contribution >= 4 is 11.7 Å². The Bertz CT molecular complexity index is 833. The van der Waals surface area contributed by atoms with Crippen LogP contribution in [0, 0.1) is 0 Å². The zero-order valence-corrected chi connectivity index (χ0v) is 15.6. The normalized spacial score (nSPS) is 13.3. The summed E-state index contributed by atoms with van der Waals surface area (Å²) in [5.41, 5.74) is 2.22. The molecule has 1 aromatic carbocycles. The van der Waals surface area contributed by atoms with E-state index in [0.29, 0.717) is 12.1 Å². The van der Waals surface area contributed by atoms with Gasteiger partial charge in [0.05, 0.1) is 12.2 Å². The molecule has 0 spiro atoms. The molecular weight excluding hydrogens is 373 g/mol. The van der Waals surface area contributed by atoms with E-state index in [-0.39, 0.29) is 18.8 Å². The number of carbonyl (C=O) groups excluding carboxylic acids is 1. The van der Waals surface area contributed by atoms with Crippen LogP contribution in [-0.2, 0) is 25.6 Å². The lowest BCUT2D eigenvalue weighted by Crippen LogP contribution is -2.30. The maximum absolute atomic E-state index is 12.9. The van der Waals surface area contributed by atoms with Crippen LogP contribution in [0.2, 0.25) is 0 Å². The third-order valence-corrected chi connectivity index (χ3v) is 4.54. The maximum atomic E-state index is 12.9. The van der Waals surface area contributed by atoms with Crippen molar-refractivity contribution in [3.8, 4) is 0 Å². The van der Waals surface area contributed by atoms with Gasteiger partial charge in [-0.2, -0.15) is 13.2 Å².